The lowest BCUT2D eigenvalue weighted by atomic mass is 10.0. The van der Waals surface area contributed by atoms with E-state index in [1.807, 2.05) is 0 Å². The number of halogens is 2. The zero-order valence-electron chi connectivity index (χ0n) is 19.3. The number of nitrogens with one attached hydrogen (secondary N) is 3. The van der Waals surface area contributed by atoms with Crippen molar-refractivity contribution < 1.29 is 26.4 Å². The minimum Gasteiger partial charge on any atom is -0.455 e. The SMILES string of the molecule is CCS(=O)(=O)Nc1cc2oc(-c3ccc(F)cc3)c(C(=O)NC)c2cc1-c1cc2c(F)cccc2[nH]1. The number of sulfonamides is 1. The molecule has 0 bridgehead atoms. The molecule has 0 aliphatic rings. The highest BCUT2D eigenvalue weighted by Crippen LogP contribution is 2.40. The molecular formula is C26H21F2N3O4S. The van der Waals surface area contributed by atoms with Crippen LogP contribution in [0.25, 0.3) is 44.5 Å². The van der Waals surface area contributed by atoms with Gasteiger partial charge in [-0.3, -0.25) is 9.52 Å². The van der Waals surface area contributed by atoms with Crippen molar-refractivity contribution in [2.75, 3.05) is 17.5 Å². The predicted octanol–water partition coefficient (Wildman–Crippen LogP) is 5.65. The summed E-state index contributed by atoms with van der Waals surface area (Å²) in [6.07, 6.45) is 0. The lowest BCUT2D eigenvalue weighted by Crippen LogP contribution is -2.18. The number of carbonyl (C=O) groups excluding carboxylic acids is 1. The lowest BCUT2D eigenvalue weighted by Gasteiger charge is -2.11. The summed E-state index contributed by atoms with van der Waals surface area (Å²) in [7, 11) is -2.22. The van der Waals surface area contributed by atoms with Crippen LogP contribution < -0.4 is 10.0 Å². The summed E-state index contributed by atoms with van der Waals surface area (Å²) < 4.78 is 61.5. The molecule has 36 heavy (non-hydrogen) atoms. The Labute approximate surface area is 205 Å². The molecule has 184 valence electrons. The monoisotopic (exact) mass is 509 g/mol. The molecule has 3 aromatic carbocycles. The summed E-state index contributed by atoms with van der Waals surface area (Å²) in [6, 6.07) is 14.8. The molecule has 5 aromatic rings. The number of fused-ring (bicyclic) bond motifs is 2. The maximum atomic E-state index is 14.4. The number of anilines is 1. The first-order chi connectivity index (χ1) is 17.2. The number of benzene rings is 3. The van der Waals surface area contributed by atoms with Gasteiger partial charge in [0.25, 0.3) is 5.91 Å². The molecule has 5 rings (SSSR count). The number of amides is 1. The van der Waals surface area contributed by atoms with Crippen molar-refractivity contribution in [1.82, 2.24) is 10.3 Å². The molecule has 0 atom stereocenters. The van der Waals surface area contributed by atoms with Crippen molar-refractivity contribution in [3.63, 3.8) is 0 Å². The zero-order valence-corrected chi connectivity index (χ0v) is 20.1. The second-order valence-corrected chi connectivity index (χ2v) is 10.2. The Hall–Kier alpha value is -4.18. The highest BCUT2D eigenvalue weighted by atomic mass is 32.2. The largest absolute Gasteiger partial charge is 0.455 e. The van der Waals surface area contributed by atoms with Crippen LogP contribution in [0.3, 0.4) is 0 Å². The van der Waals surface area contributed by atoms with Gasteiger partial charge in [0.1, 0.15) is 23.0 Å². The van der Waals surface area contributed by atoms with Gasteiger partial charge in [0.05, 0.1) is 17.0 Å². The van der Waals surface area contributed by atoms with Crippen LogP contribution in [0.15, 0.2) is 65.1 Å². The Morgan fingerprint density at radius 3 is 2.44 bits per heavy atom. The van der Waals surface area contributed by atoms with E-state index >= 15 is 0 Å². The summed E-state index contributed by atoms with van der Waals surface area (Å²) in [5.74, 6) is -1.29. The van der Waals surface area contributed by atoms with E-state index in [-0.39, 0.29) is 28.3 Å². The summed E-state index contributed by atoms with van der Waals surface area (Å²) >= 11 is 0. The molecule has 7 nitrogen and oxygen atoms in total. The molecule has 0 saturated heterocycles. The molecule has 0 radical (unpaired) electrons. The molecule has 2 heterocycles. The second kappa shape index (κ2) is 8.80. The van der Waals surface area contributed by atoms with Crippen molar-refractivity contribution in [3.8, 4) is 22.6 Å². The topological polar surface area (TPSA) is 104 Å². The average Bonchev–Trinajstić information content (AvgIpc) is 3.45. The van der Waals surface area contributed by atoms with Crippen molar-refractivity contribution in [3.05, 3.63) is 77.9 Å². The first-order valence-electron chi connectivity index (χ1n) is 11.1. The molecule has 1 amide bonds. The van der Waals surface area contributed by atoms with Gasteiger partial charge in [-0.15, -0.1) is 0 Å². The summed E-state index contributed by atoms with van der Waals surface area (Å²) in [5.41, 5.74) is 2.47. The fraction of sp³-hybridized carbons (Fsp3) is 0.115. The van der Waals surface area contributed by atoms with E-state index in [1.165, 1.54) is 50.4 Å². The molecule has 10 heteroatoms. The quantitative estimate of drug-likeness (QED) is 0.275. The summed E-state index contributed by atoms with van der Waals surface area (Å²) in [6.45, 7) is 1.50. The van der Waals surface area contributed by atoms with Gasteiger partial charge in [-0.25, -0.2) is 17.2 Å². The van der Waals surface area contributed by atoms with Crippen LogP contribution in [0.2, 0.25) is 0 Å². The fourth-order valence-corrected chi connectivity index (χ4v) is 4.76. The molecule has 0 aliphatic carbocycles. The summed E-state index contributed by atoms with van der Waals surface area (Å²) in [4.78, 5) is 16.1. The van der Waals surface area contributed by atoms with Crippen LogP contribution in [-0.2, 0) is 10.0 Å². The van der Waals surface area contributed by atoms with E-state index in [0.717, 1.165) is 0 Å². The number of rotatable bonds is 6. The first kappa shape index (κ1) is 23.6. The van der Waals surface area contributed by atoms with E-state index in [2.05, 4.69) is 15.0 Å². The molecule has 0 saturated carbocycles. The highest BCUT2D eigenvalue weighted by molar-refractivity contribution is 7.92. The average molecular weight is 510 g/mol. The zero-order chi connectivity index (χ0) is 25.6. The van der Waals surface area contributed by atoms with E-state index in [1.54, 1.807) is 24.3 Å². The van der Waals surface area contributed by atoms with E-state index in [4.69, 9.17) is 4.42 Å². The normalized spacial score (nSPS) is 11.8. The van der Waals surface area contributed by atoms with Crippen molar-refractivity contribution >= 4 is 43.5 Å². The smallest absolute Gasteiger partial charge is 0.255 e. The van der Waals surface area contributed by atoms with Gasteiger partial charge in [0.2, 0.25) is 10.0 Å². The molecule has 2 aromatic heterocycles. The molecule has 0 fully saturated rings. The number of aromatic nitrogens is 1. The Bertz CT molecular complexity index is 1740. The maximum absolute atomic E-state index is 14.4. The number of hydrogen-bond donors (Lipinski definition) is 3. The lowest BCUT2D eigenvalue weighted by molar-refractivity contribution is 0.0964. The number of hydrogen-bond acceptors (Lipinski definition) is 4. The van der Waals surface area contributed by atoms with Gasteiger partial charge in [0.15, 0.2) is 0 Å². The van der Waals surface area contributed by atoms with Gasteiger partial charge in [-0.2, -0.15) is 0 Å². The minimum atomic E-state index is -3.69. The molecular weight excluding hydrogens is 488 g/mol. The molecule has 3 N–H and O–H groups in total. The van der Waals surface area contributed by atoms with Gasteiger partial charge < -0.3 is 14.7 Å². The van der Waals surface area contributed by atoms with Gasteiger partial charge in [0, 0.05) is 46.2 Å². The van der Waals surface area contributed by atoms with Crippen LogP contribution in [-0.4, -0.2) is 32.1 Å². The van der Waals surface area contributed by atoms with E-state index in [0.29, 0.717) is 33.1 Å². The Morgan fingerprint density at radius 2 is 1.78 bits per heavy atom. The molecule has 0 aliphatic heterocycles. The maximum Gasteiger partial charge on any atom is 0.255 e. The predicted molar refractivity (Wildman–Crippen MR) is 135 cm³/mol. The van der Waals surface area contributed by atoms with E-state index in [9.17, 15) is 22.0 Å². The Balaban J connectivity index is 1.82. The second-order valence-electron chi connectivity index (χ2n) is 8.18. The van der Waals surface area contributed by atoms with Gasteiger partial charge in [-0.05, 0) is 55.5 Å². The number of H-pyrrole nitrogens is 1. The first-order valence-corrected chi connectivity index (χ1v) is 12.7. The Kier molecular flexibility index (Phi) is 5.76. The van der Waals surface area contributed by atoms with E-state index < -0.39 is 27.6 Å². The third kappa shape index (κ3) is 4.09. The number of carbonyl (C=O) groups is 1. The van der Waals surface area contributed by atoms with Gasteiger partial charge >= 0.3 is 0 Å². The fourth-order valence-electron chi connectivity index (χ4n) is 4.11. The highest BCUT2D eigenvalue weighted by Gasteiger charge is 2.25. The summed E-state index contributed by atoms with van der Waals surface area (Å²) in [5, 5.41) is 3.33. The number of furan rings is 1. The standard InChI is InChI=1S/C26H21F2N3O4S/c1-3-36(33,34)31-22-13-23-18(11-17(22)21-12-16-19(28)5-4-6-20(16)30-21)24(26(32)29-2)25(35-23)14-7-9-15(27)10-8-14/h4-13,30-31H,3H2,1-2H3,(H,29,32). The van der Waals surface area contributed by atoms with Crippen LogP contribution in [0.4, 0.5) is 14.5 Å². The molecule has 0 unspecified atom stereocenters. The van der Waals surface area contributed by atoms with Crippen molar-refractivity contribution in [2.24, 2.45) is 0 Å². The van der Waals surface area contributed by atoms with Crippen LogP contribution in [0, 0.1) is 11.6 Å². The van der Waals surface area contributed by atoms with Crippen molar-refractivity contribution in [1.29, 1.82) is 0 Å². The minimum absolute atomic E-state index is 0.172. The third-order valence-electron chi connectivity index (χ3n) is 5.94. The number of aromatic amines is 1. The van der Waals surface area contributed by atoms with Crippen LogP contribution in [0.1, 0.15) is 17.3 Å². The molecule has 0 spiro atoms. The van der Waals surface area contributed by atoms with Gasteiger partial charge in [-0.1, -0.05) is 6.07 Å². The third-order valence-corrected chi connectivity index (χ3v) is 7.23. The van der Waals surface area contributed by atoms with Crippen LogP contribution in [0.5, 0.6) is 0 Å². The Morgan fingerprint density at radius 1 is 1.03 bits per heavy atom. The van der Waals surface area contributed by atoms with Crippen molar-refractivity contribution in [2.45, 2.75) is 6.92 Å². The van der Waals surface area contributed by atoms with Crippen LogP contribution >= 0.6 is 0 Å².